The van der Waals surface area contributed by atoms with Crippen LogP contribution in [0.3, 0.4) is 0 Å². The van der Waals surface area contributed by atoms with Gasteiger partial charge in [-0.2, -0.15) is 0 Å². The van der Waals surface area contributed by atoms with Gasteiger partial charge in [0.25, 0.3) is 0 Å². The molecule has 0 atom stereocenters. The number of nitrogens with zero attached hydrogens (tertiary/aromatic N) is 1. The summed E-state index contributed by atoms with van der Waals surface area (Å²) in [5, 5.41) is 3.53. The molecule has 0 aliphatic heterocycles. The van der Waals surface area contributed by atoms with Gasteiger partial charge in [-0.05, 0) is 59.8 Å². The second-order valence-electron chi connectivity index (χ2n) is 8.18. The molecule has 0 aliphatic rings. The number of rotatable bonds is 6. The summed E-state index contributed by atoms with van der Waals surface area (Å²) in [7, 11) is -2.33. The molecule has 0 fully saturated rings. The molecular weight excluding hydrogens is 445 g/mol. The van der Waals surface area contributed by atoms with Crippen molar-refractivity contribution in [3.05, 3.63) is 127 Å². The number of benzene rings is 4. The minimum atomic E-state index is -2.33. The lowest BCUT2D eigenvalue weighted by Gasteiger charge is -2.27. The lowest BCUT2D eigenvalue weighted by atomic mass is 10.0. The van der Waals surface area contributed by atoms with Crippen molar-refractivity contribution >= 4 is 34.7 Å². The summed E-state index contributed by atoms with van der Waals surface area (Å²) in [4.78, 5) is 0. The van der Waals surface area contributed by atoms with E-state index in [-0.39, 0.29) is 0 Å². The van der Waals surface area contributed by atoms with E-state index >= 15 is 0 Å². The molecule has 4 rings (SSSR count). The molecule has 4 heteroatoms. The monoisotopic (exact) mass is 473 g/mol. The third-order valence-electron chi connectivity index (χ3n) is 5.74. The van der Waals surface area contributed by atoms with Crippen LogP contribution < -0.4 is 22.1 Å². The van der Waals surface area contributed by atoms with E-state index in [1.807, 2.05) is 30.3 Å². The minimum absolute atomic E-state index is 0.646. The summed E-state index contributed by atoms with van der Waals surface area (Å²) in [6.45, 7) is 2.14. The second kappa shape index (κ2) is 10.8. The van der Waals surface area contributed by atoms with Crippen molar-refractivity contribution in [1.82, 2.24) is 0 Å². The van der Waals surface area contributed by atoms with Crippen LogP contribution in [0.15, 0.2) is 131 Å². The third-order valence-corrected chi connectivity index (χ3v) is 9.54. The van der Waals surface area contributed by atoms with Gasteiger partial charge in [-0.15, -0.1) is 6.42 Å². The van der Waals surface area contributed by atoms with E-state index in [0.29, 0.717) is 11.4 Å². The maximum Gasteiger partial charge on any atom is 0.0625 e. The highest BCUT2D eigenvalue weighted by Gasteiger charge is 2.26. The third kappa shape index (κ3) is 5.30. The Morgan fingerprint density at radius 1 is 0.771 bits per heavy atom. The van der Waals surface area contributed by atoms with Gasteiger partial charge >= 0.3 is 0 Å². The van der Waals surface area contributed by atoms with Gasteiger partial charge in [0.2, 0.25) is 0 Å². The minimum Gasteiger partial charge on any atom is -0.399 e. The van der Waals surface area contributed by atoms with Crippen LogP contribution in [-0.4, -0.2) is 0 Å². The fourth-order valence-electron chi connectivity index (χ4n) is 4.13. The SMILES string of the molecule is C#C/C=C\C=C(/C)P(=Nc1ccc(-c2cc(N)cc(N)c2)cc1)(c1ccccc1)c1ccccc1. The van der Waals surface area contributed by atoms with E-state index < -0.39 is 7.05 Å². The first-order valence-corrected chi connectivity index (χ1v) is 13.1. The lowest BCUT2D eigenvalue weighted by Crippen LogP contribution is -2.17. The summed E-state index contributed by atoms with van der Waals surface area (Å²) >= 11 is 0. The number of nitrogens with two attached hydrogens (primary N) is 2. The molecule has 3 nitrogen and oxygen atoms in total. The standard InChI is InChI=1S/C31H28N3P/c1-3-4-7-12-24(2)35(30-13-8-5-9-14-30,31-15-10-6-11-16-31)34-29-19-17-25(18-20-29)26-21-27(32)23-28(33)22-26/h1,4-23H,32-33H2,2H3/b7-4-,24-12+. The van der Waals surface area contributed by atoms with Crippen molar-refractivity contribution in [2.75, 3.05) is 11.5 Å². The first kappa shape index (κ1) is 23.9. The molecule has 35 heavy (non-hydrogen) atoms. The molecule has 0 saturated heterocycles. The fourth-order valence-corrected chi connectivity index (χ4v) is 7.62. The van der Waals surface area contributed by atoms with Gasteiger partial charge in [-0.3, -0.25) is 4.74 Å². The Bertz CT molecular complexity index is 1400. The zero-order chi connectivity index (χ0) is 24.7. The van der Waals surface area contributed by atoms with Gasteiger partial charge < -0.3 is 11.5 Å². The van der Waals surface area contributed by atoms with Gasteiger partial charge in [0.1, 0.15) is 0 Å². The molecule has 0 radical (unpaired) electrons. The highest BCUT2D eigenvalue weighted by Crippen LogP contribution is 2.57. The molecule has 0 aliphatic carbocycles. The summed E-state index contributed by atoms with van der Waals surface area (Å²) in [6, 6.07) is 34.9. The molecule has 0 amide bonds. The van der Waals surface area contributed by atoms with E-state index in [2.05, 4.69) is 91.7 Å². The van der Waals surface area contributed by atoms with Gasteiger partial charge in [0.05, 0.1) is 12.7 Å². The smallest absolute Gasteiger partial charge is 0.0625 e. The van der Waals surface area contributed by atoms with Crippen molar-refractivity contribution in [2.24, 2.45) is 4.74 Å². The fraction of sp³-hybridized carbons (Fsp3) is 0.0323. The van der Waals surface area contributed by atoms with E-state index in [9.17, 15) is 0 Å². The first-order chi connectivity index (χ1) is 17.0. The zero-order valence-electron chi connectivity index (χ0n) is 19.7. The Kier molecular flexibility index (Phi) is 7.36. The molecule has 4 aromatic rings. The van der Waals surface area contributed by atoms with Crippen LogP contribution >= 0.6 is 7.05 Å². The molecule has 0 unspecified atom stereocenters. The molecule has 0 saturated carbocycles. The van der Waals surface area contributed by atoms with Gasteiger partial charge in [0.15, 0.2) is 0 Å². The van der Waals surface area contributed by atoms with Crippen molar-refractivity contribution in [1.29, 1.82) is 0 Å². The molecule has 172 valence electrons. The lowest BCUT2D eigenvalue weighted by molar-refractivity contribution is 1.52. The number of hydrogen-bond donors (Lipinski definition) is 2. The number of hydrogen-bond acceptors (Lipinski definition) is 3. The van der Waals surface area contributed by atoms with Crippen LogP contribution in [0.25, 0.3) is 11.1 Å². The highest BCUT2D eigenvalue weighted by atomic mass is 31.2. The predicted octanol–water partition coefficient (Wildman–Crippen LogP) is 7.09. The molecule has 4 N–H and O–H groups in total. The average molecular weight is 474 g/mol. The number of allylic oxidation sites excluding steroid dienone is 4. The van der Waals surface area contributed by atoms with Crippen molar-refractivity contribution in [3.63, 3.8) is 0 Å². The molecule has 0 heterocycles. The van der Waals surface area contributed by atoms with Crippen molar-refractivity contribution in [3.8, 4) is 23.5 Å². The maximum atomic E-state index is 6.00. The average Bonchev–Trinajstić information content (AvgIpc) is 2.88. The van der Waals surface area contributed by atoms with Crippen molar-refractivity contribution < 1.29 is 0 Å². The first-order valence-electron chi connectivity index (χ1n) is 11.3. The molecule has 0 aromatic heterocycles. The van der Waals surface area contributed by atoms with Crippen LogP contribution in [0, 0.1) is 12.3 Å². The zero-order valence-corrected chi connectivity index (χ0v) is 20.6. The van der Waals surface area contributed by atoms with E-state index in [1.165, 1.54) is 10.6 Å². The van der Waals surface area contributed by atoms with Gasteiger partial charge in [-0.1, -0.05) is 90.9 Å². The molecule has 0 bridgehead atoms. The van der Waals surface area contributed by atoms with Crippen LogP contribution in [0.1, 0.15) is 6.92 Å². The van der Waals surface area contributed by atoms with Crippen LogP contribution in [0.5, 0.6) is 0 Å². The number of anilines is 2. The largest absolute Gasteiger partial charge is 0.399 e. The van der Waals surface area contributed by atoms with Gasteiger partial charge in [-0.25, -0.2) is 0 Å². The Morgan fingerprint density at radius 3 is 1.83 bits per heavy atom. The van der Waals surface area contributed by atoms with Crippen LogP contribution in [0.2, 0.25) is 0 Å². The number of nitrogen functional groups attached to an aromatic ring is 2. The quantitative estimate of drug-likeness (QED) is 0.136. The molecule has 4 aromatic carbocycles. The molecular formula is C31H28N3P. The van der Waals surface area contributed by atoms with Crippen LogP contribution in [0.4, 0.5) is 17.1 Å². The van der Waals surface area contributed by atoms with Crippen LogP contribution in [-0.2, 0) is 0 Å². The summed E-state index contributed by atoms with van der Waals surface area (Å²) in [5.74, 6) is 2.57. The second-order valence-corrected chi connectivity index (χ2v) is 11.4. The maximum absolute atomic E-state index is 6.00. The normalized spacial score (nSPS) is 11.8. The topological polar surface area (TPSA) is 64.4 Å². The summed E-state index contributed by atoms with van der Waals surface area (Å²) in [5.41, 5.74) is 16.2. The summed E-state index contributed by atoms with van der Waals surface area (Å²) in [6.07, 6.45) is 11.2. The van der Waals surface area contributed by atoms with E-state index in [1.54, 1.807) is 12.1 Å². The Hall–Kier alpha value is -4.25. The van der Waals surface area contributed by atoms with E-state index in [4.69, 9.17) is 22.6 Å². The Balaban J connectivity index is 1.94. The van der Waals surface area contributed by atoms with E-state index in [0.717, 1.165) is 22.1 Å². The Labute approximate surface area is 207 Å². The van der Waals surface area contributed by atoms with Crippen molar-refractivity contribution in [2.45, 2.75) is 6.92 Å². The summed E-state index contributed by atoms with van der Waals surface area (Å²) < 4.78 is 5.49. The molecule has 0 spiro atoms. The van der Waals surface area contributed by atoms with Gasteiger partial charge in [0, 0.05) is 22.0 Å². The Morgan fingerprint density at radius 2 is 1.31 bits per heavy atom. The highest BCUT2D eigenvalue weighted by molar-refractivity contribution is 7.84. The number of terminal acetylenes is 1. The predicted molar refractivity (Wildman–Crippen MR) is 154 cm³/mol.